The molecule has 0 fully saturated rings. The van der Waals surface area contributed by atoms with E-state index in [1.807, 2.05) is 0 Å². The molecule has 0 aliphatic heterocycles. The van der Waals surface area contributed by atoms with Gasteiger partial charge in [0.2, 0.25) is 0 Å². The first-order chi connectivity index (χ1) is 11.5. The van der Waals surface area contributed by atoms with Crippen LogP contribution in [0.2, 0.25) is 0 Å². The van der Waals surface area contributed by atoms with Gasteiger partial charge in [-0.1, -0.05) is 143 Å². The Balaban J connectivity index is 5.11. The molecule has 0 aromatic heterocycles. The molecule has 0 unspecified atom stereocenters. The summed E-state index contributed by atoms with van der Waals surface area (Å²) in [6.45, 7) is 27.4. The van der Waals surface area contributed by atoms with Gasteiger partial charge in [0.25, 0.3) is 0 Å². The second kappa shape index (κ2) is 9.07. The molecular weight excluding hydrogens is 312 g/mol. The Morgan fingerprint density at radius 2 is 0.538 bits per heavy atom. The summed E-state index contributed by atoms with van der Waals surface area (Å²) in [7, 11) is 0. The minimum Gasteiger partial charge on any atom is -0.0623 e. The van der Waals surface area contributed by atoms with Gasteiger partial charge in [0.15, 0.2) is 0 Å². The lowest BCUT2D eigenvalue weighted by Gasteiger charge is -2.33. The van der Waals surface area contributed by atoms with E-state index in [-0.39, 0.29) is 21.7 Å². The standard InChI is InChI=1S/C26H44/c1-23(2,3)21(24(4,5)6)19-17-15-13-14-16-18-20-22(25(7,8)9)26(10,11)12/h13-20H,1-12H3. The zero-order valence-electron chi connectivity index (χ0n) is 19.6. The molecule has 0 heteroatoms. The van der Waals surface area contributed by atoms with Crippen molar-refractivity contribution in [2.24, 2.45) is 21.7 Å². The third-order valence-corrected chi connectivity index (χ3v) is 4.31. The Morgan fingerprint density at radius 1 is 0.346 bits per heavy atom. The Kier molecular flexibility index (Phi) is 8.61. The number of hydrogen-bond donors (Lipinski definition) is 0. The van der Waals surface area contributed by atoms with Gasteiger partial charge in [0.05, 0.1) is 0 Å². The summed E-state index contributed by atoms with van der Waals surface area (Å²) in [6.07, 6.45) is 17.3. The van der Waals surface area contributed by atoms with Crippen LogP contribution in [-0.2, 0) is 0 Å². The molecule has 0 N–H and O–H groups in total. The Bertz CT molecular complexity index is 488. The van der Waals surface area contributed by atoms with E-state index in [2.05, 4.69) is 132 Å². The third kappa shape index (κ3) is 9.41. The molecular formula is C26H44. The van der Waals surface area contributed by atoms with Crippen LogP contribution in [0.15, 0.2) is 59.8 Å². The summed E-state index contributed by atoms with van der Waals surface area (Å²) < 4.78 is 0. The minimum atomic E-state index is 0.188. The normalized spacial score (nSPS) is 14.5. The van der Waals surface area contributed by atoms with Crippen molar-refractivity contribution in [3.05, 3.63) is 59.8 Å². The first kappa shape index (κ1) is 24.7. The predicted molar refractivity (Wildman–Crippen MR) is 121 cm³/mol. The van der Waals surface area contributed by atoms with Crippen LogP contribution >= 0.6 is 0 Å². The van der Waals surface area contributed by atoms with E-state index in [1.54, 1.807) is 0 Å². The number of allylic oxidation sites excluding steroid dienone is 10. The maximum absolute atomic E-state index is 2.28. The molecule has 0 nitrogen and oxygen atoms in total. The Labute approximate surface area is 164 Å². The van der Waals surface area contributed by atoms with E-state index in [1.165, 1.54) is 11.1 Å². The van der Waals surface area contributed by atoms with Crippen LogP contribution < -0.4 is 0 Å². The van der Waals surface area contributed by atoms with E-state index in [4.69, 9.17) is 0 Å². The Hall–Kier alpha value is -1.30. The van der Waals surface area contributed by atoms with Gasteiger partial charge in [0, 0.05) is 0 Å². The molecule has 0 atom stereocenters. The zero-order chi connectivity index (χ0) is 20.8. The van der Waals surface area contributed by atoms with Gasteiger partial charge in [-0.15, -0.1) is 0 Å². The molecule has 0 bridgehead atoms. The maximum atomic E-state index is 2.28. The van der Waals surface area contributed by atoms with Crippen molar-refractivity contribution in [3.63, 3.8) is 0 Å². The summed E-state index contributed by atoms with van der Waals surface area (Å²) >= 11 is 0. The molecule has 148 valence electrons. The van der Waals surface area contributed by atoms with Gasteiger partial charge in [0.1, 0.15) is 0 Å². The topological polar surface area (TPSA) is 0 Å². The second-order valence-corrected chi connectivity index (χ2v) is 11.3. The fourth-order valence-electron chi connectivity index (χ4n) is 3.81. The molecule has 0 spiro atoms. The van der Waals surface area contributed by atoms with Gasteiger partial charge < -0.3 is 0 Å². The van der Waals surface area contributed by atoms with Crippen molar-refractivity contribution in [1.82, 2.24) is 0 Å². The van der Waals surface area contributed by atoms with Crippen molar-refractivity contribution >= 4 is 0 Å². The summed E-state index contributed by atoms with van der Waals surface area (Å²) in [5, 5.41) is 0. The highest BCUT2D eigenvalue weighted by atomic mass is 14.3. The maximum Gasteiger partial charge on any atom is -0.0165 e. The van der Waals surface area contributed by atoms with Gasteiger partial charge in [-0.2, -0.15) is 0 Å². The lowest BCUT2D eigenvalue weighted by Crippen LogP contribution is -2.22. The summed E-state index contributed by atoms with van der Waals surface area (Å²) in [5.74, 6) is 0. The van der Waals surface area contributed by atoms with Crippen LogP contribution in [0.25, 0.3) is 0 Å². The summed E-state index contributed by atoms with van der Waals surface area (Å²) in [5.41, 5.74) is 3.68. The first-order valence-electron chi connectivity index (χ1n) is 9.91. The number of hydrogen-bond acceptors (Lipinski definition) is 0. The summed E-state index contributed by atoms with van der Waals surface area (Å²) in [6, 6.07) is 0. The van der Waals surface area contributed by atoms with Crippen LogP contribution in [0.5, 0.6) is 0 Å². The average Bonchev–Trinajstić information content (AvgIpc) is 2.34. The molecule has 0 heterocycles. The average molecular weight is 357 g/mol. The lowest BCUT2D eigenvalue weighted by atomic mass is 9.72. The van der Waals surface area contributed by atoms with Gasteiger partial charge in [-0.3, -0.25) is 0 Å². The minimum absolute atomic E-state index is 0.188. The molecule has 0 radical (unpaired) electrons. The molecule has 0 aromatic rings. The molecule has 0 amide bonds. The van der Waals surface area contributed by atoms with E-state index in [9.17, 15) is 0 Å². The molecule has 0 aliphatic rings. The van der Waals surface area contributed by atoms with E-state index in [0.29, 0.717) is 0 Å². The smallest absolute Gasteiger partial charge is 0.0165 e. The first-order valence-corrected chi connectivity index (χ1v) is 9.91. The highest BCUT2D eigenvalue weighted by Gasteiger charge is 2.27. The molecule has 0 saturated heterocycles. The third-order valence-electron chi connectivity index (χ3n) is 4.31. The van der Waals surface area contributed by atoms with Gasteiger partial charge >= 0.3 is 0 Å². The van der Waals surface area contributed by atoms with Crippen molar-refractivity contribution in [1.29, 1.82) is 0 Å². The molecule has 26 heavy (non-hydrogen) atoms. The van der Waals surface area contributed by atoms with Crippen molar-refractivity contribution in [2.75, 3.05) is 0 Å². The van der Waals surface area contributed by atoms with Crippen LogP contribution in [0.1, 0.15) is 83.1 Å². The van der Waals surface area contributed by atoms with Crippen LogP contribution in [0, 0.1) is 21.7 Å². The SMILES string of the molecule is CC(C)(C)C(=CC=CC=CC=CC=C(C(C)(C)C)C(C)(C)C)C(C)(C)C. The monoisotopic (exact) mass is 356 g/mol. The predicted octanol–water partition coefficient (Wildman–Crippen LogP) is 8.69. The van der Waals surface area contributed by atoms with Crippen molar-refractivity contribution in [2.45, 2.75) is 83.1 Å². The highest BCUT2D eigenvalue weighted by molar-refractivity contribution is 5.27. The fraction of sp³-hybridized carbons (Fsp3) is 0.615. The molecule has 0 saturated carbocycles. The van der Waals surface area contributed by atoms with E-state index in [0.717, 1.165) is 0 Å². The lowest BCUT2D eigenvalue weighted by molar-refractivity contribution is 0.362. The van der Waals surface area contributed by atoms with Gasteiger partial charge in [-0.05, 0) is 21.7 Å². The Morgan fingerprint density at radius 3 is 0.731 bits per heavy atom. The van der Waals surface area contributed by atoms with Crippen molar-refractivity contribution < 1.29 is 0 Å². The molecule has 0 rings (SSSR count). The van der Waals surface area contributed by atoms with E-state index < -0.39 is 0 Å². The van der Waals surface area contributed by atoms with Crippen LogP contribution in [0.3, 0.4) is 0 Å². The van der Waals surface area contributed by atoms with Crippen LogP contribution in [-0.4, -0.2) is 0 Å². The van der Waals surface area contributed by atoms with Gasteiger partial charge in [-0.25, -0.2) is 0 Å². The highest BCUT2D eigenvalue weighted by Crippen LogP contribution is 2.39. The fourth-order valence-corrected chi connectivity index (χ4v) is 3.81. The summed E-state index contributed by atoms with van der Waals surface area (Å²) in [4.78, 5) is 0. The molecule has 0 aliphatic carbocycles. The zero-order valence-corrected chi connectivity index (χ0v) is 19.6. The molecule has 0 aromatic carbocycles. The van der Waals surface area contributed by atoms with Crippen molar-refractivity contribution in [3.8, 4) is 0 Å². The largest absolute Gasteiger partial charge is 0.0623 e. The number of rotatable bonds is 4. The van der Waals surface area contributed by atoms with Crippen LogP contribution in [0.4, 0.5) is 0 Å². The van der Waals surface area contributed by atoms with E-state index >= 15 is 0 Å². The quantitative estimate of drug-likeness (QED) is 0.442. The second-order valence-electron chi connectivity index (χ2n) is 11.3.